The highest BCUT2D eigenvalue weighted by atomic mass is 32.1. The molecule has 1 aliphatic heterocycles. The van der Waals surface area contributed by atoms with Crippen molar-refractivity contribution in [2.45, 2.75) is 32.6 Å². The Morgan fingerprint density at radius 3 is 2.50 bits per heavy atom. The van der Waals surface area contributed by atoms with Gasteiger partial charge in [-0.05, 0) is 37.1 Å². The Morgan fingerprint density at radius 1 is 1.21 bits per heavy atom. The normalized spacial score (nSPS) is 21.6. The molecule has 1 fully saturated rings. The Labute approximate surface area is 146 Å². The SMILES string of the molecule is CC1CN(Cc2ccc(-c3ccc(NC(N)=O)s3)cc2)CC(C)O1. The molecule has 0 bridgehead atoms. The second-order valence-electron chi connectivity index (χ2n) is 6.30. The van der Waals surface area contributed by atoms with Crippen LogP contribution in [0.15, 0.2) is 36.4 Å². The number of nitrogens with zero attached hydrogens (tertiary/aromatic N) is 1. The van der Waals surface area contributed by atoms with Crippen LogP contribution in [-0.2, 0) is 11.3 Å². The number of anilines is 1. The number of urea groups is 1. The average Bonchev–Trinajstić information content (AvgIpc) is 2.94. The summed E-state index contributed by atoms with van der Waals surface area (Å²) < 4.78 is 5.78. The van der Waals surface area contributed by atoms with Crippen molar-refractivity contribution in [2.24, 2.45) is 5.73 Å². The van der Waals surface area contributed by atoms with E-state index in [1.807, 2.05) is 12.1 Å². The van der Waals surface area contributed by atoms with Gasteiger partial charge >= 0.3 is 6.03 Å². The van der Waals surface area contributed by atoms with E-state index in [-0.39, 0.29) is 12.2 Å². The number of benzene rings is 1. The molecule has 1 aliphatic rings. The van der Waals surface area contributed by atoms with E-state index in [2.05, 4.69) is 48.3 Å². The minimum Gasteiger partial charge on any atom is -0.373 e. The summed E-state index contributed by atoms with van der Waals surface area (Å²) in [7, 11) is 0. The maximum absolute atomic E-state index is 10.9. The summed E-state index contributed by atoms with van der Waals surface area (Å²) in [5.41, 5.74) is 7.59. The van der Waals surface area contributed by atoms with Crippen LogP contribution < -0.4 is 11.1 Å². The molecular weight excluding hydrogens is 322 g/mol. The van der Waals surface area contributed by atoms with Crippen molar-refractivity contribution in [1.82, 2.24) is 4.90 Å². The topological polar surface area (TPSA) is 67.6 Å². The van der Waals surface area contributed by atoms with E-state index < -0.39 is 6.03 Å². The minimum absolute atomic E-state index is 0.287. The number of morpholine rings is 1. The van der Waals surface area contributed by atoms with Gasteiger partial charge in [-0.25, -0.2) is 4.79 Å². The van der Waals surface area contributed by atoms with Gasteiger partial charge in [0, 0.05) is 24.5 Å². The fourth-order valence-corrected chi connectivity index (χ4v) is 4.04. The lowest BCUT2D eigenvalue weighted by molar-refractivity contribution is -0.0704. The van der Waals surface area contributed by atoms with Crippen LogP contribution >= 0.6 is 11.3 Å². The molecular formula is C18H23N3O2S. The predicted molar refractivity (Wildman–Crippen MR) is 98.2 cm³/mol. The van der Waals surface area contributed by atoms with E-state index in [4.69, 9.17) is 10.5 Å². The van der Waals surface area contributed by atoms with Crippen molar-refractivity contribution >= 4 is 22.4 Å². The number of amides is 2. The molecule has 6 heteroatoms. The van der Waals surface area contributed by atoms with E-state index >= 15 is 0 Å². The standard InChI is InChI=1S/C18H23N3O2S/c1-12-9-21(10-13(2)23-12)11-14-3-5-15(6-4-14)16-7-8-17(24-16)20-18(19)22/h3-8,12-13H,9-11H2,1-2H3,(H3,19,20,22). The maximum Gasteiger partial charge on any atom is 0.317 e. The van der Waals surface area contributed by atoms with E-state index in [0.29, 0.717) is 0 Å². The van der Waals surface area contributed by atoms with Crippen LogP contribution in [0.25, 0.3) is 10.4 Å². The van der Waals surface area contributed by atoms with E-state index in [0.717, 1.165) is 35.1 Å². The van der Waals surface area contributed by atoms with Gasteiger partial charge in [0.25, 0.3) is 0 Å². The largest absolute Gasteiger partial charge is 0.373 e. The van der Waals surface area contributed by atoms with Gasteiger partial charge in [-0.2, -0.15) is 0 Å². The molecule has 3 rings (SSSR count). The van der Waals surface area contributed by atoms with Crippen molar-refractivity contribution in [3.8, 4) is 10.4 Å². The number of hydrogen-bond acceptors (Lipinski definition) is 4. The van der Waals surface area contributed by atoms with Crippen LogP contribution in [0.4, 0.5) is 9.80 Å². The molecule has 128 valence electrons. The first-order chi connectivity index (χ1) is 11.5. The predicted octanol–water partition coefficient (Wildman–Crippen LogP) is 3.51. The summed E-state index contributed by atoms with van der Waals surface area (Å²) in [5.74, 6) is 0. The Bertz CT molecular complexity index is 689. The lowest BCUT2D eigenvalue weighted by atomic mass is 10.1. The molecule has 0 saturated carbocycles. The van der Waals surface area contributed by atoms with Gasteiger partial charge in [0.05, 0.1) is 17.2 Å². The van der Waals surface area contributed by atoms with Crippen molar-refractivity contribution in [3.63, 3.8) is 0 Å². The third-order valence-electron chi connectivity index (χ3n) is 3.99. The number of primary amides is 1. The van der Waals surface area contributed by atoms with E-state index in [1.54, 1.807) is 0 Å². The monoisotopic (exact) mass is 345 g/mol. The number of nitrogens with one attached hydrogen (secondary N) is 1. The summed E-state index contributed by atoms with van der Waals surface area (Å²) in [6.07, 6.45) is 0.575. The van der Waals surface area contributed by atoms with Gasteiger partial charge in [0.15, 0.2) is 0 Å². The second-order valence-corrected chi connectivity index (χ2v) is 7.39. The molecule has 1 aromatic heterocycles. The fourth-order valence-electron chi connectivity index (χ4n) is 3.13. The first kappa shape index (κ1) is 17.0. The van der Waals surface area contributed by atoms with Gasteiger partial charge < -0.3 is 10.5 Å². The van der Waals surface area contributed by atoms with Crippen molar-refractivity contribution in [2.75, 3.05) is 18.4 Å². The number of ether oxygens (including phenoxy) is 1. The zero-order chi connectivity index (χ0) is 17.1. The molecule has 1 saturated heterocycles. The Balaban J connectivity index is 1.65. The maximum atomic E-state index is 10.9. The molecule has 1 aromatic carbocycles. The first-order valence-corrected chi connectivity index (χ1v) is 8.94. The number of carbonyl (C=O) groups excluding carboxylic acids is 1. The average molecular weight is 345 g/mol. The summed E-state index contributed by atoms with van der Waals surface area (Å²) in [4.78, 5) is 14.4. The number of rotatable bonds is 4. The molecule has 2 unspecified atom stereocenters. The van der Waals surface area contributed by atoms with Crippen LogP contribution in [-0.4, -0.2) is 36.2 Å². The van der Waals surface area contributed by atoms with Crippen molar-refractivity contribution < 1.29 is 9.53 Å². The van der Waals surface area contributed by atoms with Crippen LogP contribution in [0.5, 0.6) is 0 Å². The molecule has 5 nitrogen and oxygen atoms in total. The van der Waals surface area contributed by atoms with Crippen LogP contribution in [0.3, 0.4) is 0 Å². The third-order valence-corrected chi connectivity index (χ3v) is 5.04. The molecule has 0 aliphatic carbocycles. The molecule has 2 atom stereocenters. The molecule has 0 radical (unpaired) electrons. The Kier molecular flexibility index (Phi) is 5.18. The number of nitrogens with two attached hydrogens (primary N) is 1. The van der Waals surface area contributed by atoms with Gasteiger partial charge in [0.1, 0.15) is 0 Å². The lowest BCUT2D eigenvalue weighted by Gasteiger charge is -2.35. The third kappa shape index (κ3) is 4.35. The number of hydrogen-bond donors (Lipinski definition) is 2. The second kappa shape index (κ2) is 7.34. The number of carbonyl (C=O) groups is 1. The summed E-state index contributed by atoms with van der Waals surface area (Å²) in [6, 6.07) is 11.9. The lowest BCUT2D eigenvalue weighted by Crippen LogP contribution is -2.44. The van der Waals surface area contributed by atoms with Crippen LogP contribution in [0.2, 0.25) is 0 Å². The van der Waals surface area contributed by atoms with Gasteiger partial charge in [-0.3, -0.25) is 10.2 Å². The summed E-state index contributed by atoms with van der Waals surface area (Å²) in [5, 5.41) is 3.37. The van der Waals surface area contributed by atoms with Crippen LogP contribution in [0, 0.1) is 0 Å². The minimum atomic E-state index is -0.535. The zero-order valence-electron chi connectivity index (χ0n) is 14.0. The summed E-state index contributed by atoms with van der Waals surface area (Å²) in [6.45, 7) is 7.13. The zero-order valence-corrected chi connectivity index (χ0v) is 14.8. The molecule has 24 heavy (non-hydrogen) atoms. The van der Waals surface area contributed by atoms with Gasteiger partial charge in [-0.15, -0.1) is 11.3 Å². The molecule has 2 aromatic rings. The van der Waals surface area contributed by atoms with Gasteiger partial charge in [-0.1, -0.05) is 24.3 Å². The molecule has 3 N–H and O–H groups in total. The number of thiophene rings is 1. The Morgan fingerprint density at radius 2 is 1.88 bits per heavy atom. The van der Waals surface area contributed by atoms with Crippen molar-refractivity contribution in [1.29, 1.82) is 0 Å². The van der Waals surface area contributed by atoms with Crippen LogP contribution in [0.1, 0.15) is 19.4 Å². The highest BCUT2D eigenvalue weighted by molar-refractivity contribution is 7.19. The highest BCUT2D eigenvalue weighted by Gasteiger charge is 2.21. The molecule has 0 spiro atoms. The first-order valence-electron chi connectivity index (χ1n) is 8.13. The van der Waals surface area contributed by atoms with Gasteiger partial charge in [0.2, 0.25) is 0 Å². The summed E-state index contributed by atoms with van der Waals surface area (Å²) >= 11 is 1.52. The highest BCUT2D eigenvalue weighted by Crippen LogP contribution is 2.31. The Hall–Kier alpha value is -1.89. The molecule has 2 heterocycles. The van der Waals surface area contributed by atoms with E-state index in [9.17, 15) is 4.79 Å². The smallest absolute Gasteiger partial charge is 0.317 e. The quantitative estimate of drug-likeness (QED) is 0.891. The van der Waals surface area contributed by atoms with E-state index in [1.165, 1.54) is 16.9 Å². The fraction of sp³-hybridized carbons (Fsp3) is 0.389. The molecule has 2 amide bonds. The van der Waals surface area contributed by atoms with Crippen molar-refractivity contribution in [3.05, 3.63) is 42.0 Å².